The van der Waals surface area contributed by atoms with Crippen molar-refractivity contribution >= 4 is 27.3 Å². The maximum Gasteiger partial charge on any atom is 0.0218 e. The predicted molar refractivity (Wildman–Crippen MR) is 63.6 cm³/mol. The second-order valence-electron chi connectivity index (χ2n) is 3.81. The summed E-state index contributed by atoms with van der Waals surface area (Å²) < 4.78 is 0. The number of thiophene rings is 1. The second-order valence-corrected chi connectivity index (χ2v) is 5.38. The lowest BCUT2D eigenvalue weighted by atomic mass is 10.0. The van der Waals surface area contributed by atoms with Crippen LogP contribution in [0.15, 0.2) is 16.8 Å². The minimum absolute atomic E-state index is 0.228. The predicted octanol–water partition coefficient (Wildman–Crippen LogP) is 3.40. The highest BCUT2D eigenvalue weighted by atomic mass is 79.9. The highest BCUT2D eigenvalue weighted by Crippen LogP contribution is 2.12. The zero-order chi connectivity index (χ0) is 9.73. The Labute approximate surface area is 92.7 Å². The molecule has 3 heteroatoms. The summed E-state index contributed by atoms with van der Waals surface area (Å²) in [4.78, 5) is 0. The van der Waals surface area contributed by atoms with E-state index in [4.69, 9.17) is 0 Å². The molecule has 0 aromatic carbocycles. The van der Waals surface area contributed by atoms with E-state index in [-0.39, 0.29) is 5.54 Å². The van der Waals surface area contributed by atoms with E-state index in [2.05, 4.69) is 51.9 Å². The van der Waals surface area contributed by atoms with Crippen LogP contribution in [0.3, 0.4) is 0 Å². The third kappa shape index (κ3) is 4.25. The van der Waals surface area contributed by atoms with E-state index in [0.29, 0.717) is 0 Å². The average molecular weight is 262 g/mol. The summed E-state index contributed by atoms with van der Waals surface area (Å²) in [6.07, 6.45) is 1.15. The van der Waals surface area contributed by atoms with E-state index in [1.807, 2.05) is 0 Å². The maximum absolute atomic E-state index is 3.54. The third-order valence-electron chi connectivity index (χ3n) is 2.07. The molecular weight excluding hydrogens is 246 g/mol. The van der Waals surface area contributed by atoms with Crippen molar-refractivity contribution in [2.75, 3.05) is 5.33 Å². The van der Waals surface area contributed by atoms with Gasteiger partial charge in [0.15, 0.2) is 0 Å². The number of hydrogen-bond acceptors (Lipinski definition) is 2. The molecule has 0 saturated heterocycles. The largest absolute Gasteiger partial charge is 0.308 e. The van der Waals surface area contributed by atoms with E-state index in [1.54, 1.807) is 11.3 Å². The molecule has 1 heterocycles. The molecule has 0 aliphatic carbocycles. The van der Waals surface area contributed by atoms with Gasteiger partial charge in [0.25, 0.3) is 0 Å². The number of nitrogens with one attached hydrogen (secondary N) is 1. The Hall–Kier alpha value is 0.140. The molecule has 0 bridgehead atoms. The van der Waals surface area contributed by atoms with Crippen LogP contribution in [-0.4, -0.2) is 10.9 Å². The van der Waals surface area contributed by atoms with Gasteiger partial charge in [0.05, 0.1) is 0 Å². The minimum atomic E-state index is 0.228. The number of halogens is 1. The minimum Gasteiger partial charge on any atom is -0.308 e. The molecule has 0 saturated carbocycles. The van der Waals surface area contributed by atoms with Crippen LogP contribution in [-0.2, 0) is 6.54 Å². The lowest BCUT2D eigenvalue weighted by Crippen LogP contribution is -2.38. The smallest absolute Gasteiger partial charge is 0.0218 e. The van der Waals surface area contributed by atoms with Crippen LogP contribution in [0.2, 0.25) is 0 Å². The Kier molecular flexibility index (Phi) is 4.42. The number of rotatable bonds is 5. The maximum atomic E-state index is 3.54. The van der Waals surface area contributed by atoms with Gasteiger partial charge in [-0.05, 0) is 42.7 Å². The fourth-order valence-electron chi connectivity index (χ4n) is 1.06. The lowest BCUT2D eigenvalue weighted by molar-refractivity contribution is 0.378. The molecule has 1 aromatic heterocycles. The summed E-state index contributed by atoms with van der Waals surface area (Å²) in [5.74, 6) is 0. The molecule has 0 amide bonds. The summed E-state index contributed by atoms with van der Waals surface area (Å²) >= 11 is 5.22. The van der Waals surface area contributed by atoms with Gasteiger partial charge in [-0.25, -0.2) is 0 Å². The van der Waals surface area contributed by atoms with E-state index in [1.165, 1.54) is 5.56 Å². The first-order valence-corrected chi connectivity index (χ1v) is 6.52. The molecule has 0 fully saturated rings. The van der Waals surface area contributed by atoms with Crippen LogP contribution in [0.25, 0.3) is 0 Å². The molecule has 0 unspecified atom stereocenters. The average Bonchev–Trinajstić information content (AvgIpc) is 2.52. The van der Waals surface area contributed by atoms with Crippen LogP contribution in [0, 0.1) is 0 Å². The van der Waals surface area contributed by atoms with Crippen molar-refractivity contribution < 1.29 is 0 Å². The van der Waals surface area contributed by atoms with Crippen molar-refractivity contribution in [2.24, 2.45) is 0 Å². The van der Waals surface area contributed by atoms with Crippen molar-refractivity contribution in [1.29, 1.82) is 0 Å². The van der Waals surface area contributed by atoms with Gasteiger partial charge in [0, 0.05) is 17.4 Å². The lowest BCUT2D eigenvalue weighted by Gasteiger charge is -2.25. The summed E-state index contributed by atoms with van der Waals surface area (Å²) in [5, 5.41) is 8.90. The molecule has 1 rings (SSSR count). The highest BCUT2D eigenvalue weighted by molar-refractivity contribution is 9.09. The standard InChI is InChI=1S/C10H16BrNS/c1-10(2,4-5-11)12-7-9-3-6-13-8-9/h3,6,8,12H,4-5,7H2,1-2H3. The monoisotopic (exact) mass is 261 g/mol. The summed E-state index contributed by atoms with van der Waals surface area (Å²) in [6.45, 7) is 5.45. The molecule has 0 aliphatic rings. The first-order chi connectivity index (χ1) is 6.14. The van der Waals surface area contributed by atoms with Crippen molar-refractivity contribution in [2.45, 2.75) is 32.4 Å². The van der Waals surface area contributed by atoms with Gasteiger partial charge in [-0.1, -0.05) is 15.9 Å². The first kappa shape index (κ1) is 11.2. The Morgan fingerprint density at radius 3 is 2.85 bits per heavy atom. The molecule has 1 aromatic rings. The van der Waals surface area contributed by atoms with Crippen LogP contribution in [0.1, 0.15) is 25.8 Å². The summed E-state index contributed by atoms with van der Waals surface area (Å²) in [7, 11) is 0. The van der Waals surface area contributed by atoms with E-state index < -0.39 is 0 Å². The molecule has 1 N–H and O–H groups in total. The normalized spacial score (nSPS) is 11.9. The zero-order valence-corrected chi connectivity index (χ0v) is 10.5. The fourth-order valence-corrected chi connectivity index (χ4v) is 2.72. The molecule has 13 heavy (non-hydrogen) atoms. The van der Waals surface area contributed by atoms with Crippen molar-refractivity contribution in [1.82, 2.24) is 5.32 Å². The van der Waals surface area contributed by atoms with Gasteiger partial charge in [0.1, 0.15) is 0 Å². The number of hydrogen-bond donors (Lipinski definition) is 1. The Morgan fingerprint density at radius 2 is 2.31 bits per heavy atom. The quantitative estimate of drug-likeness (QED) is 0.802. The molecule has 1 nitrogen and oxygen atoms in total. The zero-order valence-electron chi connectivity index (χ0n) is 8.14. The molecule has 0 aliphatic heterocycles. The van der Waals surface area contributed by atoms with Gasteiger partial charge in [-0.3, -0.25) is 0 Å². The van der Waals surface area contributed by atoms with Crippen molar-refractivity contribution in [3.8, 4) is 0 Å². The Morgan fingerprint density at radius 1 is 1.54 bits per heavy atom. The van der Waals surface area contributed by atoms with Gasteiger partial charge in [-0.15, -0.1) is 0 Å². The van der Waals surface area contributed by atoms with Crippen molar-refractivity contribution in [3.63, 3.8) is 0 Å². The van der Waals surface area contributed by atoms with E-state index >= 15 is 0 Å². The Balaban J connectivity index is 2.33. The van der Waals surface area contributed by atoms with E-state index in [0.717, 1.165) is 18.3 Å². The van der Waals surface area contributed by atoms with Crippen LogP contribution in [0.4, 0.5) is 0 Å². The van der Waals surface area contributed by atoms with Gasteiger partial charge < -0.3 is 5.32 Å². The summed E-state index contributed by atoms with van der Waals surface area (Å²) in [6, 6.07) is 2.17. The van der Waals surface area contributed by atoms with Crippen LogP contribution < -0.4 is 5.32 Å². The number of alkyl halides is 1. The van der Waals surface area contributed by atoms with Crippen LogP contribution >= 0.6 is 27.3 Å². The second kappa shape index (κ2) is 5.13. The molecule has 74 valence electrons. The fraction of sp³-hybridized carbons (Fsp3) is 0.600. The SMILES string of the molecule is CC(C)(CCBr)NCc1ccsc1. The third-order valence-corrected chi connectivity index (χ3v) is 3.20. The Bertz CT molecular complexity index is 231. The van der Waals surface area contributed by atoms with Gasteiger partial charge in [0.2, 0.25) is 0 Å². The van der Waals surface area contributed by atoms with Crippen molar-refractivity contribution in [3.05, 3.63) is 22.4 Å². The summed E-state index contributed by atoms with van der Waals surface area (Å²) in [5.41, 5.74) is 1.61. The molecule has 0 radical (unpaired) electrons. The first-order valence-electron chi connectivity index (χ1n) is 4.46. The van der Waals surface area contributed by atoms with E-state index in [9.17, 15) is 0 Å². The molecular formula is C10H16BrNS. The molecule has 0 atom stereocenters. The molecule has 0 spiro atoms. The topological polar surface area (TPSA) is 12.0 Å². The van der Waals surface area contributed by atoms with Gasteiger partial charge >= 0.3 is 0 Å². The van der Waals surface area contributed by atoms with Crippen LogP contribution in [0.5, 0.6) is 0 Å². The highest BCUT2D eigenvalue weighted by Gasteiger charge is 2.15. The van der Waals surface area contributed by atoms with Gasteiger partial charge in [-0.2, -0.15) is 11.3 Å².